The summed E-state index contributed by atoms with van der Waals surface area (Å²) in [5, 5.41) is 0. The topological polar surface area (TPSA) is 93.8 Å². The van der Waals surface area contributed by atoms with Crippen LogP contribution in [0, 0.1) is 0 Å². The molecule has 0 saturated carbocycles. The first-order valence-electron chi connectivity index (χ1n) is 10.1. The number of aromatic amines is 1. The van der Waals surface area contributed by atoms with Gasteiger partial charge in [0.25, 0.3) is 11.5 Å². The molecule has 0 radical (unpaired) electrons. The first-order chi connectivity index (χ1) is 15.1. The molecule has 1 atom stereocenters. The van der Waals surface area contributed by atoms with Crippen molar-refractivity contribution in [1.82, 2.24) is 14.9 Å². The van der Waals surface area contributed by atoms with Gasteiger partial charge in [0.15, 0.2) is 11.5 Å². The van der Waals surface area contributed by atoms with E-state index in [4.69, 9.17) is 14.2 Å². The van der Waals surface area contributed by atoms with E-state index in [1.54, 1.807) is 18.1 Å². The molecule has 0 saturated heterocycles. The zero-order valence-electron chi connectivity index (χ0n) is 17.0. The minimum Gasteiger partial charge on any atom is -0.497 e. The summed E-state index contributed by atoms with van der Waals surface area (Å²) in [6, 6.07) is 14.6. The lowest BCUT2D eigenvalue weighted by Gasteiger charge is -2.33. The van der Waals surface area contributed by atoms with Crippen molar-refractivity contribution in [2.24, 2.45) is 0 Å². The minimum atomic E-state index is -0.723. The Kier molecular flexibility index (Phi) is 4.82. The highest BCUT2D eigenvalue weighted by molar-refractivity contribution is 5.82. The number of fused-ring (bicyclic) bond motifs is 2. The molecule has 1 unspecified atom stereocenters. The Hall–Kier alpha value is -3.81. The number of rotatable bonds is 3. The van der Waals surface area contributed by atoms with Gasteiger partial charge in [-0.2, -0.15) is 0 Å². The number of nitrogens with zero attached hydrogens (tertiary/aromatic N) is 2. The molecule has 1 aromatic heterocycles. The van der Waals surface area contributed by atoms with Crippen molar-refractivity contribution < 1.29 is 19.0 Å². The Morgan fingerprint density at radius 2 is 1.94 bits per heavy atom. The third-order valence-electron chi connectivity index (χ3n) is 5.53. The summed E-state index contributed by atoms with van der Waals surface area (Å²) in [4.78, 5) is 34.9. The number of carbonyl (C=O) groups is 1. The van der Waals surface area contributed by atoms with E-state index in [9.17, 15) is 9.59 Å². The second-order valence-corrected chi connectivity index (χ2v) is 7.44. The van der Waals surface area contributed by atoms with Gasteiger partial charge in [-0.25, -0.2) is 4.98 Å². The zero-order chi connectivity index (χ0) is 21.4. The molecule has 8 nitrogen and oxygen atoms in total. The third-order valence-corrected chi connectivity index (χ3v) is 5.53. The molecule has 3 aromatic rings. The van der Waals surface area contributed by atoms with Gasteiger partial charge in [-0.15, -0.1) is 0 Å². The Labute approximate surface area is 178 Å². The van der Waals surface area contributed by atoms with Gasteiger partial charge < -0.3 is 24.1 Å². The van der Waals surface area contributed by atoms with Gasteiger partial charge in [0.2, 0.25) is 6.10 Å². The highest BCUT2D eigenvalue weighted by Gasteiger charge is 2.33. The van der Waals surface area contributed by atoms with Crippen molar-refractivity contribution in [2.75, 3.05) is 20.3 Å². The molecule has 158 valence electrons. The molecule has 0 fully saturated rings. The van der Waals surface area contributed by atoms with Crippen LogP contribution < -0.4 is 19.8 Å². The van der Waals surface area contributed by atoms with E-state index in [2.05, 4.69) is 9.97 Å². The van der Waals surface area contributed by atoms with E-state index < -0.39 is 6.10 Å². The Morgan fingerprint density at radius 1 is 1.16 bits per heavy atom. The van der Waals surface area contributed by atoms with Crippen molar-refractivity contribution in [3.05, 3.63) is 70.1 Å². The lowest BCUT2D eigenvalue weighted by molar-refractivity contribution is -0.142. The van der Waals surface area contributed by atoms with Crippen molar-refractivity contribution >= 4 is 5.91 Å². The standard InChI is InChI=1S/C23H21N3O5/c1-29-15-8-6-14(7-9-15)21-24-17-12-26(11-10-16(17)22(27)25-21)23(28)20-13-30-18-4-2-3-5-19(18)31-20/h2-9,20H,10-13H2,1H3,(H,24,25,27). The molecule has 1 amide bonds. The number of amides is 1. The van der Waals surface area contributed by atoms with Crippen LogP contribution in [0.2, 0.25) is 0 Å². The van der Waals surface area contributed by atoms with Crippen molar-refractivity contribution in [3.8, 4) is 28.6 Å². The fraction of sp³-hybridized carbons (Fsp3) is 0.261. The molecule has 0 aliphatic carbocycles. The fourth-order valence-electron chi connectivity index (χ4n) is 3.86. The van der Waals surface area contributed by atoms with Gasteiger partial charge in [-0.05, 0) is 42.8 Å². The maximum absolute atomic E-state index is 13.1. The maximum Gasteiger partial charge on any atom is 0.267 e. The van der Waals surface area contributed by atoms with Crippen molar-refractivity contribution in [1.29, 1.82) is 0 Å². The average molecular weight is 419 g/mol. The van der Waals surface area contributed by atoms with Gasteiger partial charge >= 0.3 is 0 Å². The van der Waals surface area contributed by atoms with Crippen molar-refractivity contribution in [2.45, 2.75) is 19.1 Å². The second kappa shape index (κ2) is 7.79. The Balaban J connectivity index is 1.37. The predicted molar refractivity (Wildman–Crippen MR) is 112 cm³/mol. The monoisotopic (exact) mass is 419 g/mol. The molecule has 2 aliphatic rings. The predicted octanol–water partition coefficient (Wildman–Crippen LogP) is 2.17. The number of methoxy groups -OCH3 is 1. The fourth-order valence-corrected chi connectivity index (χ4v) is 3.86. The third kappa shape index (κ3) is 3.61. The van der Waals surface area contributed by atoms with E-state index in [-0.39, 0.29) is 24.6 Å². The van der Waals surface area contributed by atoms with Crippen LogP contribution in [0.4, 0.5) is 0 Å². The number of ether oxygens (including phenoxy) is 3. The molecular weight excluding hydrogens is 398 g/mol. The van der Waals surface area contributed by atoms with Crippen LogP contribution in [-0.4, -0.2) is 47.1 Å². The van der Waals surface area contributed by atoms with Crippen LogP contribution in [0.1, 0.15) is 11.3 Å². The smallest absolute Gasteiger partial charge is 0.267 e. The van der Waals surface area contributed by atoms with Gasteiger partial charge in [0.05, 0.1) is 19.3 Å². The molecule has 2 aliphatic heterocycles. The van der Waals surface area contributed by atoms with Crippen molar-refractivity contribution in [3.63, 3.8) is 0 Å². The largest absolute Gasteiger partial charge is 0.497 e. The zero-order valence-corrected chi connectivity index (χ0v) is 17.0. The number of hydrogen-bond acceptors (Lipinski definition) is 6. The molecule has 0 spiro atoms. The highest BCUT2D eigenvalue weighted by Crippen LogP contribution is 2.31. The molecule has 1 N–H and O–H groups in total. The number of benzene rings is 2. The Bertz CT molecular complexity index is 1190. The molecule has 8 heteroatoms. The summed E-state index contributed by atoms with van der Waals surface area (Å²) in [6.45, 7) is 0.835. The summed E-state index contributed by atoms with van der Waals surface area (Å²) in [5.74, 6) is 2.20. The van der Waals surface area contributed by atoms with E-state index in [1.807, 2.05) is 42.5 Å². The summed E-state index contributed by atoms with van der Waals surface area (Å²) in [5.41, 5.74) is 1.82. The number of para-hydroxylation sites is 2. The Morgan fingerprint density at radius 3 is 2.71 bits per heavy atom. The SMILES string of the molecule is COc1ccc(-c2nc3c(c(=O)[nH]2)CCN(C(=O)C2COc4ccccc4O2)C3)cc1. The minimum absolute atomic E-state index is 0.152. The normalized spacial score (nSPS) is 17.1. The summed E-state index contributed by atoms with van der Waals surface area (Å²) < 4.78 is 16.7. The summed E-state index contributed by atoms with van der Waals surface area (Å²) in [7, 11) is 1.60. The number of carbonyl (C=O) groups excluding carboxylic acids is 1. The summed E-state index contributed by atoms with van der Waals surface area (Å²) in [6.07, 6.45) is -0.282. The first kappa shape index (κ1) is 19.2. The van der Waals surface area contributed by atoms with Gasteiger partial charge in [0, 0.05) is 17.7 Å². The number of nitrogens with one attached hydrogen (secondary N) is 1. The molecule has 0 bridgehead atoms. The molecule has 3 heterocycles. The van der Waals surface area contributed by atoms with E-state index in [1.165, 1.54) is 0 Å². The van der Waals surface area contributed by atoms with Crippen LogP contribution in [-0.2, 0) is 17.8 Å². The number of hydrogen-bond donors (Lipinski definition) is 1. The molecule has 31 heavy (non-hydrogen) atoms. The number of aromatic nitrogens is 2. The lowest BCUT2D eigenvalue weighted by atomic mass is 10.0. The molecule has 5 rings (SSSR count). The van der Waals surface area contributed by atoms with Gasteiger partial charge in [-0.1, -0.05) is 12.1 Å². The highest BCUT2D eigenvalue weighted by atomic mass is 16.6. The van der Waals surface area contributed by atoms with Crippen LogP contribution in [0.25, 0.3) is 11.4 Å². The van der Waals surface area contributed by atoms with Gasteiger partial charge in [0.1, 0.15) is 18.2 Å². The van der Waals surface area contributed by atoms with E-state index in [0.717, 1.165) is 11.3 Å². The first-order valence-corrected chi connectivity index (χ1v) is 10.1. The lowest BCUT2D eigenvalue weighted by Crippen LogP contribution is -2.48. The van der Waals surface area contributed by atoms with E-state index in [0.29, 0.717) is 41.5 Å². The van der Waals surface area contributed by atoms with Crippen LogP contribution in [0.5, 0.6) is 17.2 Å². The second-order valence-electron chi connectivity index (χ2n) is 7.44. The van der Waals surface area contributed by atoms with Crippen LogP contribution in [0.15, 0.2) is 53.3 Å². The van der Waals surface area contributed by atoms with Crippen LogP contribution in [0.3, 0.4) is 0 Å². The average Bonchev–Trinajstić information content (AvgIpc) is 2.83. The van der Waals surface area contributed by atoms with Crippen LogP contribution >= 0.6 is 0 Å². The maximum atomic E-state index is 13.1. The quantitative estimate of drug-likeness (QED) is 0.699. The van der Waals surface area contributed by atoms with E-state index >= 15 is 0 Å². The summed E-state index contributed by atoms with van der Waals surface area (Å²) >= 11 is 0. The van der Waals surface area contributed by atoms with Gasteiger partial charge in [-0.3, -0.25) is 9.59 Å². The molecular formula is C23H21N3O5. The molecule has 2 aromatic carbocycles. The number of H-pyrrole nitrogens is 1.